The van der Waals surface area contributed by atoms with Crippen molar-refractivity contribution in [1.29, 1.82) is 0 Å². The zero-order valence-corrected chi connectivity index (χ0v) is 10.6. The molecule has 0 radical (unpaired) electrons. The lowest BCUT2D eigenvalue weighted by molar-refractivity contribution is 0.340. The van der Waals surface area contributed by atoms with Crippen molar-refractivity contribution >= 4 is 0 Å². The van der Waals surface area contributed by atoms with Gasteiger partial charge < -0.3 is 10.1 Å². The van der Waals surface area contributed by atoms with Crippen LogP contribution in [0.25, 0.3) is 0 Å². The van der Waals surface area contributed by atoms with Crippen LogP contribution in [0, 0.1) is 0 Å². The van der Waals surface area contributed by atoms with Crippen LogP contribution in [0.5, 0.6) is 5.75 Å². The second-order valence-electron chi connectivity index (χ2n) is 4.00. The molecule has 1 aromatic carbocycles. The number of hydrogen-bond donors (Lipinski definition) is 1. The first-order chi connectivity index (χ1) is 8.88. The number of aromatic nitrogens is 1. The predicted octanol–water partition coefficient (Wildman–Crippen LogP) is 2.77. The SMILES string of the molecule is CCOc1ccc(CNCc2ccccn2)cc1. The zero-order valence-electron chi connectivity index (χ0n) is 10.6. The van der Waals surface area contributed by atoms with Crippen molar-refractivity contribution in [1.82, 2.24) is 10.3 Å². The van der Waals surface area contributed by atoms with E-state index in [4.69, 9.17) is 4.74 Å². The van der Waals surface area contributed by atoms with E-state index in [0.717, 1.165) is 24.5 Å². The molecule has 1 aromatic heterocycles. The summed E-state index contributed by atoms with van der Waals surface area (Å²) < 4.78 is 5.40. The van der Waals surface area contributed by atoms with E-state index in [1.54, 1.807) is 0 Å². The summed E-state index contributed by atoms with van der Waals surface area (Å²) in [6.45, 7) is 4.32. The van der Waals surface area contributed by atoms with Gasteiger partial charge in [-0.15, -0.1) is 0 Å². The lowest BCUT2D eigenvalue weighted by Gasteiger charge is -2.06. The summed E-state index contributed by atoms with van der Waals surface area (Å²) in [4.78, 5) is 4.27. The van der Waals surface area contributed by atoms with Crippen LogP contribution in [0.4, 0.5) is 0 Å². The van der Waals surface area contributed by atoms with Crippen LogP contribution >= 0.6 is 0 Å². The number of nitrogens with one attached hydrogen (secondary N) is 1. The van der Waals surface area contributed by atoms with Gasteiger partial charge in [0.25, 0.3) is 0 Å². The highest BCUT2D eigenvalue weighted by Gasteiger charge is 1.96. The van der Waals surface area contributed by atoms with Gasteiger partial charge in [-0.1, -0.05) is 18.2 Å². The Morgan fingerprint density at radius 1 is 1.06 bits per heavy atom. The molecule has 2 aromatic rings. The lowest BCUT2D eigenvalue weighted by Crippen LogP contribution is -2.13. The Morgan fingerprint density at radius 2 is 1.89 bits per heavy atom. The molecule has 0 aliphatic carbocycles. The van der Waals surface area contributed by atoms with Crippen LogP contribution < -0.4 is 10.1 Å². The van der Waals surface area contributed by atoms with Crippen molar-refractivity contribution in [2.24, 2.45) is 0 Å². The topological polar surface area (TPSA) is 34.1 Å². The molecule has 2 rings (SSSR count). The monoisotopic (exact) mass is 242 g/mol. The van der Waals surface area contributed by atoms with E-state index in [9.17, 15) is 0 Å². The number of ether oxygens (including phenoxy) is 1. The minimum absolute atomic E-state index is 0.706. The molecule has 0 aliphatic rings. The molecule has 94 valence electrons. The highest BCUT2D eigenvalue weighted by Crippen LogP contribution is 2.11. The fourth-order valence-corrected chi connectivity index (χ4v) is 1.71. The van der Waals surface area contributed by atoms with E-state index >= 15 is 0 Å². The molecule has 0 saturated carbocycles. The first-order valence-electron chi connectivity index (χ1n) is 6.21. The van der Waals surface area contributed by atoms with Gasteiger partial charge in [0.15, 0.2) is 0 Å². The van der Waals surface area contributed by atoms with Crippen LogP contribution in [-0.2, 0) is 13.1 Å². The first kappa shape index (κ1) is 12.6. The Labute approximate surface area is 108 Å². The molecular weight excluding hydrogens is 224 g/mol. The van der Waals surface area contributed by atoms with Gasteiger partial charge in [-0.25, -0.2) is 0 Å². The summed E-state index contributed by atoms with van der Waals surface area (Å²) in [5, 5.41) is 3.37. The fourth-order valence-electron chi connectivity index (χ4n) is 1.71. The minimum Gasteiger partial charge on any atom is -0.494 e. The zero-order chi connectivity index (χ0) is 12.6. The number of pyridine rings is 1. The van der Waals surface area contributed by atoms with E-state index < -0.39 is 0 Å². The van der Waals surface area contributed by atoms with Crippen LogP contribution in [-0.4, -0.2) is 11.6 Å². The van der Waals surface area contributed by atoms with Crippen LogP contribution in [0.2, 0.25) is 0 Å². The maximum Gasteiger partial charge on any atom is 0.119 e. The smallest absolute Gasteiger partial charge is 0.119 e. The molecular formula is C15H18N2O. The molecule has 18 heavy (non-hydrogen) atoms. The second-order valence-corrected chi connectivity index (χ2v) is 4.00. The van der Waals surface area contributed by atoms with Crippen molar-refractivity contribution in [3.63, 3.8) is 0 Å². The summed E-state index contributed by atoms with van der Waals surface area (Å²) >= 11 is 0. The third kappa shape index (κ3) is 3.86. The Hall–Kier alpha value is -1.87. The highest BCUT2D eigenvalue weighted by atomic mass is 16.5. The van der Waals surface area contributed by atoms with Gasteiger partial charge in [0.05, 0.1) is 12.3 Å². The Morgan fingerprint density at radius 3 is 2.56 bits per heavy atom. The lowest BCUT2D eigenvalue weighted by atomic mass is 10.2. The van der Waals surface area contributed by atoms with Gasteiger partial charge >= 0.3 is 0 Å². The molecule has 0 aliphatic heterocycles. The second kappa shape index (κ2) is 6.77. The van der Waals surface area contributed by atoms with E-state index in [-0.39, 0.29) is 0 Å². The quantitative estimate of drug-likeness (QED) is 0.845. The number of rotatable bonds is 6. The molecule has 0 amide bonds. The highest BCUT2D eigenvalue weighted by molar-refractivity contribution is 5.27. The summed E-state index contributed by atoms with van der Waals surface area (Å²) in [6, 6.07) is 14.1. The van der Waals surface area contributed by atoms with Crippen LogP contribution in [0.15, 0.2) is 48.7 Å². The average molecular weight is 242 g/mol. The van der Waals surface area contributed by atoms with E-state index in [0.29, 0.717) is 6.61 Å². The van der Waals surface area contributed by atoms with Gasteiger partial charge in [-0.2, -0.15) is 0 Å². The normalized spacial score (nSPS) is 10.3. The van der Waals surface area contributed by atoms with Crippen molar-refractivity contribution < 1.29 is 4.74 Å². The van der Waals surface area contributed by atoms with Crippen LogP contribution in [0.1, 0.15) is 18.2 Å². The van der Waals surface area contributed by atoms with Gasteiger partial charge in [-0.05, 0) is 36.8 Å². The summed E-state index contributed by atoms with van der Waals surface area (Å²) in [6.07, 6.45) is 1.81. The third-order valence-electron chi connectivity index (χ3n) is 2.60. The molecule has 0 unspecified atom stereocenters. The molecule has 1 heterocycles. The van der Waals surface area contributed by atoms with Gasteiger partial charge in [-0.3, -0.25) is 4.98 Å². The summed E-state index contributed by atoms with van der Waals surface area (Å²) in [5.74, 6) is 0.922. The molecule has 0 fully saturated rings. The van der Waals surface area contributed by atoms with Crippen molar-refractivity contribution in [3.05, 3.63) is 59.9 Å². The number of hydrogen-bond acceptors (Lipinski definition) is 3. The van der Waals surface area contributed by atoms with E-state index in [1.165, 1.54) is 5.56 Å². The van der Waals surface area contributed by atoms with Gasteiger partial charge in [0.2, 0.25) is 0 Å². The molecule has 1 N–H and O–H groups in total. The maximum absolute atomic E-state index is 5.40. The predicted molar refractivity (Wildman–Crippen MR) is 72.4 cm³/mol. The van der Waals surface area contributed by atoms with Gasteiger partial charge in [0.1, 0.15) is 5.75 Å². The Kier molecular flexibility index (Phi) is 4.73. The fraction of sp³-hybridized carbons (Fsp3) is 0.267. The Balaban J connectivity index is 1.80. The minimum atomic E-state index is 0.706. The first-order valence-corrected chi connectivity index (χ1v) is 6.21. The van der Waals surface area contributed by atoms with Crippen LogP contribution in [0.3, 0.4) is 0 Å². The molecule has 3 nitrogen and oxygen atoms in total. The van der Waals surface area contributed by atoms with Gasteiger partial charge in [0, 0.05) is 19.3 Å². The molecule has 0 atom stereocenters. The largest absolute Gasteiger partial charge is 0.494 e. The Bertz CT molecular complexity index is 454. The maximum atomic E-state index is 5.40. The third-order valence-corrected chi connectivity index (χ3v) is 2.60. The van der Waals surface area contributed by atoms with Crippen molar-refractivity contribution in [3.8, 4) is 5.75 Å². The molecule has 0 spiro atoms. The van der Waals surface area contributed by atoms with E-state index in [1.807, 2.05) is 43.5 Å². The average Bonchev–Trinajstić information content (AvgIpc) is 2.42. The number of nitrogens with zero attached hydrogens (tertiary/aromatic N) is 1. The van der Waals surface area contributed by atoms with E-state index in [2.05, 4.69) is 22.4 Å². The standard InChI is InChI=1S/C15H18N2O/c1-2-18-15-8-6-13(7-9-15)11-16-12-14-5-3-4-10-17-14/h3-10,16H,2,11-12H2,1H3. The molecule has 0 bridgehead atoms. The van der Waals surface area contributed by atoms with Crippen molar-refractivity contribution in [2.45, 2.75) is 20.0 Å². The molecule has 3 heteroatoms. The number of benzene rings is 1. The summed E-state index contributed by atoms with van der Waals surface area (Å²) in [7, 11) is 0. The summed E-state index contributed by atoms with van der Waals surface area (Å²) in [5.41, 5.74) is 2.30. The van der Waals surface area contributed by atoms with Crippen molar-refractivity contribution in [2.75, 3.05) is 6.61 Å². The molecule has 0 saturated heterocycles.